The van der Waals surface area contributed by atoms with E-state index >= 15 is 0 Å². The van der Waals surface area contributed by atoms with Crippen molar-refractivity contribution in [2.45, 2.75) is 46.5 Å². The number of hydrogen-bond acceptors (Lipinski definition) is 7. The molecule has 42 heavy (non-hydrogen) atoms. The Hall–Kier alpha value is -4.67. The van der Waals surface area contributed by atoms with Gasteiger partial charge in [0.25, 0.3) is 0 Å². The number of ether oxygens (including phenoxy) is 2. The molecule has 1 aliphatic rings. The second-order valence-electron chi connectivity index (χ2n) is 9.72. The van der Waals surface area contributed by atoms with Crippen LogP contribution in [0, 0.1) is 6.92 Å². The minimum atomic E-state index is -4.99. The number of halogens is 3. The molecule has 4 rings (SSSR count). The minimum absolute atomic E-state index is 0.0493. The van der Waals surface area contributed by atoms with Gasteiger partial charge in [-0.15, -0.1) is 0 Å². The van der Waals surface area contributed by atoms with Crippen molar-refractivity contribution in [1.82, 2.24) is 9.88 Å². The second-order valence-corrected chi connectivity index (χ2v) is 9.72. The molecule has 8 nitrogen and oxygen atoms in total. The summed E-state index contributed by atoms with van der Waals surface area (Å²) in [6.45, 7) is 6.28. The molecule has 11 heteroatoms. The van der Waals surface area contributed by atoms with Gasteiger partial charge in [0.1, 0.15) is 17.9 Å². The smallest absolute Gasteiger partial charge is 0.434 e. The number of aliphatic imine (C=N–C) groups is 1. The first kappa shape index (κ1) is 30.3. The number of nitrogens with two attached hydrogens (primary N) is 1. The number of rotatable bonds is 8. The predicted molar refractivity (Wildman–Crippen MR) is 152 cm³/mol. The average molecular weight is 581 g/mol. The standard InChI is InChI=1S/C31H31F3N4O4/c1-4-41-30(40)25(16-35)29(31(32,33)34)37-28-7-5-6-26(36-28)24-14-19(2)8-11-27(24)42-18-21-9-10-23-17-38(20(3)39)13-12-22(23)15-21/h5-11,14-16H,4,12-13,17-18,35H2,1-3H3. The van der Waals surface area contributed by atoms with Crippen molar-refractivity contribution >= 4 is 23.4 Å². The van der Waals surface area contributed by atoms with Gasteiger partial charge in [0.05, 0.1) is 12.3 Å². The minimum Gasteiger partial charge on any atom is -0.488 e. The number of nitrogens with zero attached hydrogens (tertiary/aromatic N) is 3. The molecule has 2 heterocycles. The third kappa shape index (κ3) is 7.15. The quantitative estimate of drug-likeness (QED) is 0.212. The monoisotopic (exact) mass is 580 g/mol. The Morgan fingerprint density at radius 3 is 2.60 bits per heavy atom. The summed E-state index contributed by atoms with van der Waals surface area (Å²) >= 11 is 0. The SMILES string of the molecule is CCOC(=O)C(=CN)C(=Nc1cccc(-c2cc(C)ccc2OCc2ccc3c(c2)CCN(C(C)=O)C3)n1)C(F)(F)F. The van der Waals surface area contributed by atoms with Crippen LogP contribution in [0.15, 0.2) is 71.4 Å². The van der Waals surface area contributed by atoms with E-state index in [9.17, 15) is 22.8 Å². The summed E-state index contributed by atoms with van der Waals surface area (Å²) in [6.07, 6.45) is -3.71. The van der Waals surface area contributed by atoms with E-state index in [1.165, 1.54) is 24.6 Å². The lowest BCUT2D eigenvalue weighted by molar-refractivity contribution is -0.138. The molecule has 0 saturated carbocycles. The Morgan fingerprint density at radius 2 is 1.90 bits per heavy atom. The highest BCUT2D eigenvalue weighted by Gasteiger charge is 2.41. The van der Waals surface area contributed by atoms with E-state index in [1.807, 2.05) is 36.1 Å². The molecule has 1 aliphatic heterocycles. The summed E-state index contributed by atoms with van der Waals surface area (Å²) in [4.78, 5) is 33.7. The van der Waals surface area contributed by atoms with E-state index in [4.69, 9.17) is 15.2 Å². The van der Waals surface area contributed by atoms with Crippen LogP contribution in [0.25, 0.3) is 11.3 Å². The van der Waals surface area contributed by atoms with Gasteiger partial charge in [-0.1, -0.05) is 35.9 Å². The largest absolute Gasteiger partial charge is 0.488 e. The third-order valence-electron chi connectivity index (χ3n) is 6.68. The summed E-state index contributed by atoms with van der Waals surface area (Å²) in [5.41, 5.74) is 7.94. The number of carbonyl (C=O) groups excluding carboxylic acids is 2. The number of hydrogen-bond donors (Lipinski definition) is 1. The topological polar surface area (TPSA) is 107 Å². The average Bonchev–Trinajstić information content (AvgIpc) is 2.95. The lowest BCUT2D eigenvalue weighted by Gasteiger charge is -2.28. The lowest BCUT2D eigenvalue weighted by Crippen LogP contribution is -2.34. The van der Waals surface area contributed by atoms with E-state index in [0.29, 0.717) is 36.3 Å². The Labute approximate surface area is 241 Å². The number of fused-ring (bicyclic) bond motifs is 1. The maximum Gasteiger partial charge on any atom is 0.434 e. The van der Waals surface area contributed by atoms with Crippen LogP contribution in [0.5, 0.6) is 5.75 Å². The fourth-order valence-corrected chi connectivity index (χ4v) is 4.57. The van der Waals surface area contributed by atoms with Gasteiger partial charge in [-0.2, -0.15) is 13.2 Å². The summed E-state index contributed by atoms with van der Waals surface area (Å²) in [5, 5.41) is 0. The van der Waals surface area contributed by atoms with Gasteiger partial charge in [-0.3, -0.25) is 4.79 Å². The van der Waals surface area contributed by atoms with Gasteiger partial charge in [0.2, 0.25) is 5.91 Å². The fraction of sp³-hybridized carbons (Fsp3) is 0.290. The first-order chi connectivity index (χ1) is 20.0. The predicted octanol–water partition coefficient (Wildman–Crippen LogP) is 5.58. The van der Waals surface area contributed by atoms with Gasteiger partial charge < -0.3 is 20.1 Å². The maximum atomic E-state index is 13.9. The molecule has 1 aromatic heterocycles. The second kappa shape index (κ2) is 12.9. The molecule has 0 aliphatic carbocycles. The highest BCUT2D eigenvalue weighted by atomic mass is 19.4. The van der Waals surface area contributed by atoms with Gasteiger partial charge in [-0.05, 0) is 61.2 Å². The van der Waals surface area contributed by atoms with E-state index in [0.717, 1.165) is 23.1 Å². The number of carbonyl (C=O) groups is 2. The molecule has 0 unspecified atom stereocenters. The summed E-state index contributed by atoms with van der Waals surface area (Å²) < 4.78 is 52.6. The molecule has 1 amide bonds. The van der Waals surface area contributed by atoms with Gasteiger partial charge >= 0.3 is 12.1 Å². The van der Waals surface area contributed by atoms with Crippen LogP contribution in [0.1, 0.15) is 36.1 Å². The van der Waals surface area contributed by atoms with Crippen LogP contribution in [0.3, 0.4) is 0 Å². The van der Waals surface area contributed by atoms with Crippen molar-refractivity contribution in [3.63, 3.8) is 0 Å². The number of aryl methyl sites for hydroxylation is 1. The molecule has 3 aromatic rings. The van der Waals surface area contributed by atoms with E-state index in [-0.39, 0.29) is 24.9 Å². The van der Waals surface area contributed by atoms with Gasteiger partial charge in [0.15, 0.2) is 11.5 Å². The van der Waals surface area contributed by atoms with Gasteiger partial charge in [0, 0.05) is 31.8 Å². The molecule has 220 valence electrons. The molecule has 0 spiro atoms. The molecule has 0 fully saturated rings. The van der Waals surface area contributed by atoms with E-state index in [2.05, 4.69) is 16.0 Å². The number of aromatic nitrogens is 1. The first-order valence-corrected chi connectivity index (χ1v) is 13.3. The molecule has 2 aromatic carbocycles. The van der Waals surface area contributed by atoms with Crippen LogP contribution in [0.4, 0.5) is 19.0 Å². The highest BCUT2D eigenvalue weighted by Crippen LogP contribution is 2.33. The Morgan fingerprint density at radius 1 is 1.12 bits per heavy atom. The zero-order valence-corrected chi connectivity index (χ0v) is 23.5. The summed E-state index contributed by atoms with van der Waals surface area (Å²) in [6, 6.07) is 15.9. The fourth-order valence-electron chi connectivity index (χ4n) is 4.57. The van der Waals surface area contributed by atoms with Crippen molar-refractivity contribution in [2.75, 3.05) is 13.2 Å². The summed E-state index contributed by atoms with van der Waals surface area (Å²) in [7, 11) is 0. The zero-order valence-electron chi connectivity index (χ0n) is 23.5. The van der Waals surface area contributed by atoms with Crippen molar-refractivity contribution in [1.29, 1.82) is 0 Å². The molecule has 0 radical (unpaired) electrons. The van der Waals surface area contributed by atoms with Crippen LogP contribution >= 0.6 is 0 Å². The third-order valence-corrected chi connectivity index (χ3v) is 6.68. The van der Waals surface area contributed by atoms with Crippen LogP contribution in [-0.4, -0.2) is 46.8 Å². The zero-order chi connectivity index (χ0) is 30.4. The molecular formula is C31H31F3N4O4. The normalized spacial score (nSPS) is 13.9. The van der Waals surface area contributed by atoms with Crippen molar-refractivity contribution in [3.05, 3.63) is 88.6 Å². The van der Waals surface area contributed by atoms with E-state index in [1.54, 1.807) is 19.1 Å². The van der Waals surface area contributed by atoms with E-state index < -0.39 is 23.4 Å². The number of benzene rings is 2. The Bertz CT molecular complexity index is 1550. The number of pyridine rings is 1. The van der Waals surface area contributed by atoms with Crippen molar-refractivity contribution in [3.8, 4) is 17.0 Å². The number of amides is 1. The molecule has 0 saturated heterocycles. The summed E-state index contributed by atoms with van der Waals surface area (Å²) in [5.74, 6) is -0.974. The molecular weight excluding hydrogens is 549 g/mol. The van der Waals surface area contributed by atoms with Crippen LogP contribution in [-0.2, 0) is 33.9 Å². The number of alkyl halides is 3. The van der Waals surface area contributed by atoms with Crippen molar-refractivity contribution < 1.29 is 32.2 Å². The van der Waals surface area contributed by atoms with Gasteiger partial charge in [-0.25, -0.2) is 14.8 Å². The Balaban J connectivity index is 1.62. The highest BCUT2D eigenvalue weighted by molar-refractivity contribution is 6.22. The molecule has 0 atom stereocenters. The molecule has 2 N–H and O–H groups in total. The first-order valence-electron chi connectivity index (χ1n) is 13.3. The maximum absolute atomic E-state index is 13.9. The Kier molecular flexibility index (Phi) is 9.29. The van der Waals surface area contributed by atoms with Crippen molar-refractivity contribution in [2.24, 2.45) is 10.7 Å². The molecule has 0 bridgehead atoms. The lowest BCUT2D eigenvalue weighted by atomic mass is 9.97. The van der Waals surface area contributed by atoms with Crippen LogP contribution < -0.4 is 10.5 Å². The van der Waals surface area contributed by atoms with Crippen LogP contribution in [0.2, 0.25) is 0 Å². The number of esters is 1.